The highest BCUT2D eigenvalue weighted by atomic mass is 79.9. The van der Waals surface area contributed by atoms with E-state index in [1.165, 1.54) is 30.6 Å². The zero-order chi connectivity index (χ0) is 19.8. The van der Waals surface area contributed by atoms with E-state index >= 15 is 0 Å². The lowest BCUT2D eigenvalue weighted by Gasteiger charge is -2.31. The van der Waals surface area contributed by atoms with Crippen LogP contribution in [0.5, 0.6) is 0 Å². The molecule has 3 rings (SSSR count). The van der Waals surface area contributed by atoms with Gasteiger partial charge in [0, 0.05) is 51.8 Å². The Balaban J connectivity index is 1.47. The van der Waals surface area contributed by atoms with Crippen molar-refractivity contribution < 1.29 is 4.79 Å². The van der Waals surface area contributed by atoms with Crippen molar-refractivity contribution in [1.82, 2.24) is 9.88 Å². The fraction of sp³-hybridized carbons (Fsp3) is 0.455. The molecule has 0 bridgehead atoms. The van der Waals surface area contributed by atoms with Crippen molar-refractivity contribution in [3.05, 3.63) is 58.8 Å². The summed E-state index contributed by atoms with van der Waals surface area (Å²) in [6.07, 6.45) is 7.62. The number of amides is 1. The molecule has 1 heterocycles. The molecule has 3 nitrogen and oxygen atoms in total. The molecular formula is C22H27BrN2OS2. The first-order valence-electron chi connectivity index (χ1n) is 9.79. The second kappa shape index (κ2) is 11.3. The number of rotatable bonds is 8. The summed E-state index contributed by atoms with van der Waals surface area (Å²) in [5.41, 5.74) is 1.03. The van der Waals surface area contributed by atoms with Gasteiger partial charge in [0.1, 0.15) is 0 Å². The highest BCUT2D eigenvalue weighted by Gasteiger charge is 2.27. The van der Waals surface area contributed by atoms with Crippen LogP contribution in [0.3, 0.4) is 0 Å². The molecule has 0 saturated heterocycles. The van der Waals surface area contributed by atoms with E-state index < -0.39 is 0 Å². The zero-order valence-electron chi connectivity index (χ0n) is 16.2. The normalized spacial score (nSPS) is 19.4. The Bertz CT molecular complexity index is 759. The number of hydrogen-bond acceptors (Lipinski definition) is 4. The minimum Gasteiger partial charge on any atom is -0.345 e. The number of nitrogens with zero attached hydrogens (tertiary/aromatic N) is 2. The SMILES string of the molecule is CN(CCc1ccccn1)C(=O)CS[C@@H]1CCCC[C@H]1Sc1cccc(Br)c1. The molecule has 0 N–H and O–H groups in total. The van der Waals surface area contributed by atoms with Crippen LogP contribution < -0.4 is 0 Å². The molecule has 0 spiro atoms. The smallest absolute Gasteiger partial charge is 0.232 e. The van der Waals surface area contributed by atoms with Crippen LogP contribution in [0, 0.1) is 0 Å². The van der Waals surface area contributed by atoms with E-state index in [2.05, 4.69) is 45.2 Å². The summed E-state index contributed by atoms with van der Waals surface area (Å²) in [5, 5.41) is 1.13. The number of carbonyl (C=O) groups excluding carboxylic acids is 1. The van der Waals surface area contributed by atoms with Gasteiger partial charge in [-0.2, -0.15) is 0 Å². The van der Waals surface area contributed by atoms with E-state index in [4.69, 9.17) is 0 Å². The second-order valence-corrected chi connectivity index (χ2v) is 10.6. The first-order valence-corrected chi connectivity index (χ1v) is 12.5. The number of thioether (sulfide) groups is 2. The van der Waals surface area contributed by atoms with E-state index in [1.807, 2.05) is 53.7 Å². The Kier molecular flexibility index (Phi) is 8.74. The number of halogens is 1. The molecule has 2 aromatic rings. The summed E-state index contributed by atoms with van der Waals surface area (Å²) in [4.78, 5) is 20.1. The van der Waals surface area contributed by atoms with Crippen molar-refractivity contribution in [2.75, 3.05) is 19.3 Å². The fourth-order valence-electron chi connectivity index (χ4n) is 3.34. The fourth-order valence-corrected chi connectivity index (χ4v) is 6.83. The number of benzene rings is 1. The largest absolute Gasteiger partial charge is 0.345 e. The monoisotopic (exact) mass is 478 g/mol. The van der Waals surface area contributed by atoms with E-state index in [0.717, 1.165) is 23.1 Å². The van der Waals surface area contributed by atoms with Crippen LogP contribution in [0.4, 0.5) is 0 Å². The number of pyridine rings is 1. The van der Waals surface area contributed by atoms with Gasteiger partial charge in [-0.05, 0) is 43.2 Å². The molecule has 1 aliphatic carbocycles. The molecule has 0 radical (unpaired) electrons. The standard InChI is InChI=1S/C22H27BrN2OS2/c1-25(14-12-18-8-4-5-13-24-18)22(26)16-27-20-10-2-3-11-21(20)28-19-9-6-7-17(23)15-19/h4-9,13,15,20-21H,2-3,10-12,14,16H2,1H3/t20-,21-/m1/s1. The lowest BCUT2D eigenvalue weighted by molar-refractivity contribution is -0.127. The quantitative estimate of drug-likeness (QED) is 0.488. The van der Waals surface area contributed by atoms with E-state index in [1.54, 1.807) is 6.20 Å². The maximum Gasteiger partial charge on any atom is 0.232 e. The molecule has 0 unspecified atom stereocenters. The van der Waals surface area contributed by atoms with Crippen LogP contribution in [0.25, 0.3) is 0 Å². The number of carbonyl (C=O) groups is 1. The van der Waals surface area contributed by atoms with Crippen molar-refractivity contribution in [2.24, 2.45) is 0 Å². The molecule has 1 aliphatic rings. The molecule has 6 heteroatoms. The summed E-state index contributed by atoms with van der Waals surface area (Å²) in [6.45, 7) is 0.720. The zero-order valence-corrected chi connectivity index (χ0v) is 19.4. The summed E-state index contributed by atoms with van der Waals surface area (Å²) in [6, 6.07) is 14.5. The molecule has 2 atom stereocenters. The first-order chi connectivity index (χ1) is 13.6. The molecule has 1 fully saturated rings. The van der Waals surface area contributed by atoms with Crippen molar-refractivity contribution in [3.8, 4) is 0 Å². The summed E-state index contributed by atoms with van der Waals surface area (Å²) < 4.78 is 1.13. The Morgan fingerprint density at radius 2 is 2.00 bits per heavy atom. The Morgan fingerprint density at radius 1 is 1.18 bits per heavy atom. The summed E-state index contributed by atoms with van der Waals surface area (Å²) >= 11 is 7.38. The summed E-state index contributed by atoms with van der Waals surface area (Å²) in [7, 11) is 1.90. The molecule has 1 aromatic heterocycles. The summed E-state index contributed by atoms with van der Waals surface area (Å²) in [5.74, 6) is 0.788. The average molecular weight is 480 g/mol. The van der Waals surface area contributed by atoms with Gasteiger partial charge in [-0.3, -0.25) is 9.78 Å². The van der Waals surface area contributed by atoms with Crippen molar-refractivity contribution in [1.29, 1.82) is 0 Å². The minimum absolute atomic E-state index is 0.220. The van der Waals surface area contributed by atoms with Crippen LogP contribution in [-0.2, 0) is 11.2 Å². The predicted octanol–water partition coefficient (Wildman–Crippen LogP) is 5.68. The molecule has 150 valence electrons. The molecule has 0 aliphatic heterocycles. The van der Waals surface area contributed by atoms with Gasteiger partial charge in [0.05, 0.1) is 5.75 Å². The average Bonchev–Trinajstić information content (AvgIpc) is 2.72. The topological polar surface area (TPSA) is 33.2 Å². The number of likely N-dealkylation sites (N-methyl/N-ethyl adjacent to an activating group) is 1. The Morgan fingerprint density at radius 3 is 2.75 bits per heavy atom. The third kappa shape index (κ3) is 6.82. The van der Waals surface area contributed by atoms with Crippen LogP contribution in [0.15, 0.2) is 58.0 Å². The van der Waals surface area contributed by atoms with Crippen LogP contribution in [0.1, 0.15) is 31.4 Å². The van der Waals surface area contributed by atoms with Gasteiger partial charge in [-0.25, -0.2) is 0 Å². The van der Waals surface area contributed by atoms with E-state index in [9.17, 15) is 4.79 Å². The van der Waals surface area contributed by atoms with Crippen molar-refractivity contribution >= 4 is 45.4 Å². The van der Waals surface area contributed by atoms with E-state index in [0.29, 0.717) is 16.3 Å². The number of hydrogen-bond donors (Lipinski definition) is 0. The van der Waals surface area contributed by atoms with Crippen LogP contribution in [-0.4, -0.2) is 45.6 Å². The van der Waals surface area contributed by atoms with Gasteiger partial charge in [0.15, 0.2) is 0 Å². The molecule has 28 heavy (non-hydrogen) atoms. The minimum atomic E-state index is 0.220. The van der Waals surface area contributed by atoms with Gasteiger partial charge in [0.25, 0.3) is 0 Å². The van der Waals surface area contributed by atoms with Gasteiger partial charge in [0.2, 0.25) is 5.91 Å². The Labute approximate surface area is 185 Å². The third-order valence-electron chi connectivity index (χ3n) is 5.00. The maximum absolute atomic E-state index is 12.6. The molecule has 1 amide bonds. The van der Waals surface area contributed by atoms with Crippen molar-refractivity contribution in [3.63, 3.8) is 0 Å². The lowest BCUT2D eigenvalue weighted by Crippen LogP contribution is -2.32. The van der Waals surface area contributed by atoms with E-state index in [-0.39, 0.29) is 5.91 Å². The van der Waals surface area contributed by atoms with Gasteiger partial charge in [-0.1, -0.05) is 40.9 Å². The first kappa shape index (κ1) is 21.7. The van der Waals surface area contributed by atoms with Gasteiger partial charge in [-0.15, -0.1) is 23.5 Å². The van der Waals surface area contributed by atoms with Crippen LogP contribution in [0.2, 0.25) is 0 Å². The highest BCUT2D eigenvalue weighted by molar-refractivity contribution is 9.10. The number of aromatic nitrogens is 1. The molecule has 1 aromatic carbocycles. The van der Waals surface area contributed by atoms with Crippen molar-refractivity contribution in [2.45, 2.75) is 47.5 Å². The maximum atomic E-state index is 12.6. The highest BCUT2D eigenvalue weighted by Crippen LogP contribution is 2.40. The second-order valence-electron chi connectivity index (χ2n) is 7.13. The van der Waals surface area contributed by atoms with Crippen LogP contribution >= 0.6 is 39.5 Å². The Hall–Kier alpha value is -0.980. The third-order valence-corrected chi connectivity index (χ3v) is 8.47. The molecule has 1 saturated carbocycles. The molecular weight excluding hydrogens is 452 g/mol. The van der Waals surface area contributed by atoms with Gasteiger partial charge >= 0.3 is 0 Å². The van der Waals surface area contributed by atoms with Gasteiger partial charge < -0.3 is 4.90 Å². The predicted molar refractivity (Wildman–Crippen MR) is 124 cm³/mol. The lowest BCUT2D eigenvalue weighted by atomic mass is 10.00.